The second-order valence-electron chi connectivity index (χ2n) is 12.7. The first-order valence-corrected chi connectivity index (χ1v) is 13.4. The zero-order chi connectivity index (χ0) is 27.1. The summed E-state index contributed by atoms with van der Waals surface area (Å²) in [5, 5.41) is 9.35. The summed E-state index contributed by atoms with van der Waals surface area (Å²) >= 11 is 0. The van der Waals surface area contributed by atoms with Gasteiger partial charge in [-0.3, -0.25) is 14.4 Å². The number of carbonyl (C=O) groups is 3. The molecule has 0 radical (unpaired) electrons. The molecule has 2 unspecified atom stereocenters. The summed E-state index contributed by atoms with van der Waals surface area (Å²) in [6.45, 7) is 19.0. The van der Waals surface area contributed by atoms with Crippen molar-refractivity contribution >= 4 is 17.8 Å². The van der Waals surface area contributed by atoms with Crippen molar-refractivity contribution < 1.29 is 29.0 Å². The van der Waals surface area contributed by atoms with Gasteiger partial charge in [0.1, 0.15) is 17.6 Å². The fourth-order valence-corrected chi connectivity index (χ4v) is 7.23. The van der Waals surface area contributed by atoms with Crippen LogP contribution in [0.2, 0.25) is 0 Å². The quantitative estimate of drug-likeness (QED) is 0.262. The number of nitrogens with zero attached hydrogens (tertiary/aromatic N) is 2. The van der Waals surface area contributed by atoms with Crippen LogP contribution in [0.5, 0.6) is 0 Å². The van der Waals surface area contributed by atoms with Gasteiger partial charge < -0.3 is 24.4 Å². The number of aliphatic hydroxyl groups is 1. The maximum atomic E-state index is 14.5. The summed E-state index contributed by atoms with van der Waals surface area (Å²) in [6.07, 6.45) is 4.67. The van der Waals surface area contributed by atoms with Crippen molar-refractivity contribution in [2.45, 2.75) is 103 Å². The number of carbonyl (C=O) groups excluding carboxylic acids is 3. The number of unbranched alkanes of at least 4 members (excludes halogenated alkanes) is 1. The highest BCUT2D eigenvalue weighted by molar-refractivity contribution is 5.98. The Morgan fingerprint density at radius 1 is 1.25 bits per heavy atom. The number of ether oxygens (including phenoxy) is 2. The molecule has 1 N–H and O–H groups in total. The molecule has 3 heterocycles. The molecule has 1 spiro atoms. The average Bonchev–Trinajstić information content (AvgIpc) is 3.31. The molecule has 0 aromatic carbocycles. The molecule has 5 atom stereocenters. The van der Waals surface area contributed by atoms with Crippen LogP contribution in [0.25, 0.3) is 0 Å². The van der Waals surface area contributed by atoms with Crippen LogP contribution >= 0.6 is 0 Å². The van der Waals surface area contributed by atoms with Crippen molar-refractivity contribution in [3.05, 3.63) is 12.7 Å². The highest BCUT2D eigenvalue weighted by atomic mass is 16.6. The second-order valence-corrected chi connectivity index (χ2v) is 12.7. The first-order valence-electron chi connectivity index (χ1n) is 13.4. The van der Waals surface area contributed by atoms with E-state index in [2.05, 4.69) is 41.2 Å². The Kier molecular flexibility index (Phi) is 8.02. The lowest BCUT2D eigenvalue weighted by Crippen LogP contribution is -2.61. The van der Waals surface area contributed by atoms with Crippen LogP contribution < -0.4 is 0 Å². The molecule has 3 aliphatic rings. The molecule has 2 bridgehead atoms. The van der Waals surface area contributed by atoms with Gasteiger partial charge in [-0.25, -0.2) is 0 Å². The minimum Gasteiger partial charge on any atom is -0.466 e. The fraction of sp³-hybridized carbons (Fsp3) is 0.821. The first kappa shape index (κ1) is 28.6. The van der Waals surface area contributed by atoms with E-state index in [1.807, 2.05) is 11.8 Å². The van der Waals surface area contributed by atoms with Crippen LogP contribution in [0.1, 0.15) is 80.6 Å². The Labute approximate surface area is 216 Å². The number of esters is 1. The molecular weight excluding hydrogens is 460 g/mol. The molecule has 0 aromatic rings. The molecule has 0 aliphatic carbocycles. The van der Waals surface area contributed by atoms with Crippen LogP contribution in [-0.4, -0.2) is 81.8 Å². The third kappa shape index (κ3) is 4.83. The van der Waals surface area contributed by atoms with E-state index in [0.29, 0.717) is 38.8 Å². The highest BCUT2D eigenvalue weighted by Gasteiger charge is 2.78. The SMILES string of the molecule is C=CCN(C(=O)C1N(CCCCO)C(=O)[C@@H]2[C@H](C(=O)OCC)[C@]3(C)CCC12O3)C(C)(C)CC(C)(C)C. The van der Waals surface area contributed by atoms with Crippen LogP contribution in [0, 0.1) is 17.3 Å². The summed E-state index contributed by atoms with van der Waals surface area (Å²) < 4.78 is 12.0. The van der Waals surface area contributed by atoms with E-state index < -0.39 is 40.6 Å². The van der Waals surface area contributed by atoms with Crippen molar-refractivity contribution in [2.24, 2.45) is 17.3 Å². The first-order chi connectivity index (χ1) is 16.7. The topological polar surface area (TPSA) is 96.4 Å². The van der Waals surface area contributed by atoms with E-state index in [4.69, 9.17) is 9.47 Å². The van der Waals surface area contributed by atoms with Gasteiger partial charge in [0.25, 0.3) is 0 Å². The Morgan fingerprint density at radius 2 is 1.92 bits per heavy atom. The number of hydrogen-bond acceptors (Lipinski definition) is 6. The predicted octanol–water partition coefficient (Wildman–Crippen LogP) is 3.32. The second kappa shape index (κ2) is 10.1. The summed E-state index contributed by atoms with van der Waals surface area (Å²) in [4.78, 5) is 45.1. The van der Waals surface area contributed by atoms with Crippen molar-refractivity contribution in [3.63, 3.8) is 0 Å². The zero-order valence-corrected chi connectivity index (χ0v) is 23.3. The van der Waals surface area contributed by atoms with Gasteiger partial charge in [0.2, 0.25) is 11.8 Å². The number of amides is 2. The molecule has 3 rings (SSSR count). The molecule has 8 nitrogen and oxygen atoms in total. The van der Waals surface area contributed by atoms with Gasteiger partial charge in [-0.2, -0.15) is 0 Å². The lowest BCUT2D eigenvalue weighted by Gasteiger charge is -2.45. The van der Waals surface area contributed by atoms with Crippen molar-refractivity contribution in [1.82, 2.24) is 9.80 Å². The van der Waals surface area contributed by atoms with E-state index >= 15 is 0 Å². The van der Waals surface area contributed by atoms with Crippen LogP contribution in [0.3, 0.4) is 0 Å². The Hall–Kier alpha value is -1.93. The van der Waals surface area contributed by atoms with E-state index in [-0.39, 0.29) is 30.4 Å². The van der Waals surface area contributed by atoms with E-state index in [1.165, 1.54) is 0 Å². The van der Waals surface area contributed by atoms with Crippen LogP contribution in [-0.2, 0) is 23.9 Å². The molecular formula is C28H46N2O6. The minimum atomic E-state index is -1.07. The number of fused-ring (bicyclic) bond motifs is 1. The summed E-state index contributed by atoms with van der Waals surface area (Å²) in [5.41, 5.74) is -2.44. The lowest BCUT2D eigenvalue weighted by atomic mass is 9.66. The Bertz CT molecular complexity index is 880. The zero-order valence-electron chi connectivity index (χ0n) is 23.3. The number of aliphatic hydroxyl groups excluding tert-OH is 1. The van der Waals surface area contributed by atoms with Crippen LogP contribution in [0.15, 0.2) is 12.7 Å². The van der Waals surface area contributed by atoms with E-state index in [0.717, 1.165) is 6.42 Å². The molecule has 36 heavy (non-hydrogen) atoms. The molecule has 0 aromatic heterocycles. The van der Waals surface area contributed by atoms with Crippen molar-refractivity contribution in [1.29, 1.82) is 0 Å². The normalized spacial score (nSPS) is 31.5. The minimum absolute atomic E-state index is 0.0104. The Balaban J connectivity index is 2.08. The standard InChI is InChI=1S/C28H46N2O6/c1-9-15-30(26(6,7)18-25(3,4)5)23(33)21-28-14-13-27(8,36-28)20(24(34)35-10-2)19(28)22(32)29(21)16-11-12-17-31/h9,19-21,31H,1,10-18H2,2-8H3/t19-,20+,21?,27-,28?/m0/s1. The van der Waals surface area contributed by atoms with Gasteiger partial charge in [-0.05, 0) is 65.2 Å². The van der Waals surface area contributed by atoms with Gasteiger partial charge >= 0.3 is 5.97 Å². The molecule has 3 saturated heterocycles. The van der Waals surface area contributed by atoms with E-state index in [1.54, 1.807) is 17.9 Å². The predicted molar refractivity (Wildman–Crippen MR) is 137 cm³/mol. The Morgan fingerprint density at radius 3 is 2.47 bits per heavy atom. The average molecular weight is 507 g/mol. The number of hydrogen-bond donors (Lipinski definition) is 1. The summed E-state index contributed by atoms with van der Waals surface area (Å²) in [5.74, 6) is -2.32. The number of rotatable bonds is 11. The summed E-state index contributed by atoms with van der Waals surface area (Å²) in [6, 6.07) is -0.839. The van der Waals surface area contributed by atoms with Gasteiger partial charge in [0.05, 0.1) is 18.1 Å². The fourth-order valence-electron chi connectivity index (χ4n) is 7.23. The largest absolute Gasteiger partial charge is 0.466 e. The molecule has 204 valence electrons. The number of likely N-dealkylation sites (tertiary alicyclic amines) is 1. The van der Waals surface area contributed by atoms with Gasteiger partial charge in [0.15, 0.2) is 0 Å². The molecule has 8 heteroatoms. The molecule has 2 amide bonds. The molecule has 3 aliphatic heterocycles. The monoisotopic (exact) mass is 506 g/mol. The van der Waals surface area contributed by atoms with E-state index in [9.17, 15) is 19.5 Å². The lowest BCUT2D eigenvalue weighted by molar-refractivity contribution is -0.161. The smallest absolute Gasteiger partial charge is 0.312 e. The van der Waals surface area contributed by atoms with Crippen molar-refractivity contribution in [3.8, 4) is 0 Å². The van der Waals surface area contributed by atoms with Gasteiger partial charge in [-0.15, -0.1) is 6.58 Å². The van der Waals surface area contributed by atoms with Crippen LogP contribution in [0.4, 0.5) is 0 Å². The third-order valence-corrected chi connectivity index (χ3v) is 8.13. The maximum Gasteiger partial charge on any atom is 0.312 e. The van der Waals surface area contributed by atoms with Gasteiger partial charge in [-0.1, -0.05) is 26.8 Å². The highest BCUT2D eigenvalue weighted by Crippen LogP contribution is 2.63. The van der Waals surface area contributed by atoms with Crippen molar-refractivity contribution in [2.75, 3.05) is 26.3 Å². The molecule has 0 saturated carbocycles. The van der Waals surface area contributed by atoms with Gasteiger partial charge in [0, 0.05) is 25.2 Å². The maximum absolute atomic E-state index is 14.5. The molecule has 3 fully saturated rings. The summed E-state index contributed by atoms with van der Waals surface area (Å²) in [7, 11) is 0. The third-order valence-electron chi connectivity index (χ3n) is 8.13.